The second kappa shape index (κ2) is 17.7. The molecule has 0 aliphatic carbocycles. The van der Waals surface area contributed by atoms with Crippen LogP contribution in [0.5, 0.6) is 0 Å². The lowest BCUT2D eigenvalue weighted by Gasteiger charge is -2.24. The van der Waals surface area contributed by atoms with Crippen LogP contribution in [0.2, 0.25) is 0 Å². The number of aromatic nitrogens is 8. The Hall–Kier alpha value is -4.32. The van der Waals surface area contributed by atoms with E-state index in [1.54, 1.807) is 0 Å². The number of aromatic amines is 2. The lowest BCUT2D eigenvalue weighted by Crippen LogP contribution is -2.33. The molecule has 3 fully saturated rings. The van der Waals surface area contributed by atoms with Crippen molar-refractivity contribution in [2.24, 2.45) is 0 Å². The van der Waals surface area contributed by atoms with Gasteiger partial charge in [0.25, 0.3) is 11.1 Å². The van der Waals surface area contributed by atoms with Gasteiger partial charge in [0.1, 0.15) is 55.0 Å². The van der Waals surface area contributed by atoms with Gasteiger partial charge in [0, 0.05) is 37.2 Å². The molecule has 3 aliphatic rings. The Labute approximate surface area is 344 Å². The summed E-state index contributed by atoms with van der Waals surface area (Å²) < 4.78 is 84.5. The summed E-state index contributed by atoms with van der Waals surface area (Å²) in [6, 6.07) is 1.32. The quantitative estimate of drug-likeness (QED) is 0.0535. The maximum absolute atomic E-state index is 13.5. The molecule has 4 aromatic rings. The normalized spacial score (nSPS) is 28.6. The fraction of sp³-hybridized carbons (Fsp3) is 0.552. The van der Waals surface area contributed by atoms with Gasteiger partial charge >= 0.3 is 34.8 Å². The maximum Gasteiger partial charge on any atom is 0.472 e. The van der Waals surface area contributed by atoms with Crippen LogP contribution in [0.4, 0.5) is 11.8 Å². The number of nitrogens with two attached hydrogens (primary N) is 2. The summed E-state index contributed by atoms with van der Waals surface area (Å²) in [5.41, 5.74) is 7.91. The van der Waals surface area contributed by atoms with Gasteiger partial charge in [-0.05, 0) is 13.0 Å². The number of phosphoric acid groups is 3. The Morgan fingerprint density at radius 2 is 1.34 bits per heavy atom. The minimum atomic E-state index is -5.27. The molecule has 33 heteroatoms. The molecule has 4 aromatic heterocycles. The predicted octanol–water partition coefficient (Wildman–Crippen LogP) is -2.26. The second-order valence-electron chi connectivity index (χ2n) is 14.1. The standard InChI is InChI=1S/C29H39N10O20P3/c1-12-7-38(29(44)36-25(12)41)21-5-14(58-61(48,49)53-8-16-13(40)4-20(55-16)37-3-2-19(30)33-28(37)43)18(56-21)10-54-62(50,51)59-15-6-22(57-17(15)9-52-60(45,46)47)39-11-32-23-24(39)34-27(31)35-26(23)42/h2-3,7,11,13-18,20-22,40H,4-6,8-10H2,1H3,(H,48,49)(H,50,51)(H2,30,33,43)(H,36,41,44)(H2,45,46,47)(H3,31,34,35,42). The molecule has 11 atom stereocenters. The van der Waals surface area contributed by atoms with Crippen LogP contribution in [0.15, 0.2) is 44.0 Å². The molecule has 0 radical (unpaired) electrons. The Kier molecular flexibility index (Phi) is 13.0. The number of anilines is 2. The lowest BCUT2D eigenvalue weighted by molar-refractivity contribution is -0.0613. The van der Waals surface area contributed by atoms with E-state index in [0.29, 0.717) is 0 Å². The molecule has 7 heterocycles. The number of hydrogen-bond acceptors (Lipinski definition) is 21. The number of H-pyrrole nitrogens is 2. The minimum Gasteiger partial charge on any atom is -0.390 e. The van der Waals surface area contributed by atoms with Gasteiger partial charge in [0.15, 0.2) is 11.2 Å². The third-order valence-corrected chi connectivity index (χ3v) is 12.2. The van der Waals surface area contributed by atoms with Gasteiger partial charge in [0.05, 0.1) is 32.3 Å². The predicted molar refractivity (Wildman–Crippen MR) is 202 cm³/mol. The zero-order valence-corrected chi connectivity index (χ0v) is 34.5. The van der Waals surface area contributed by atoms with Gasteiger partial charge in [-0.25, -0.2) is 28.3 Å². The third-order valence-electron chi connectivity index (χ3n) is 9.69. The van der Waals surface area contributed by atoms with E-state index in [4.69, 9.17) is 43.8 Å². The van der Waals surface area contributed by atoms with Crippen LogP contribution in [0.3, 0.4) is 0 Å². The van der Waals surface area contributed by atoms with Crippen molar-refractivity contribution >= 4 is 46.4 Å². The molecule has 0 spiro atoms. The molecule has 11 unspecified atom stereocenters. The van der Waals surface area contributed by atoms with Crippen LogP contribution >= 0.6 is 23.5 Å². The van der Waals surface area contributed by atoms with Crippen LogP contribution < -0.4 is 34.0 Å². The molecule has 7 rings (SSSR count). The average molecular weight is 941 g/mol. The summed E-state index contributed by atoms with van der Waals surface area (Å²) in [6.07, 6.45) is -9.51. The molecule has 340 valence electrons. The number of hydrogen-bond donors (Lipinski definition) is 9. The zero-order valence-electron chi connectivity index (χ0n) is 31.8. The van der Waals surface area contributed by atoms with E-state index >= 15 is 0 Å². The topological polar surface area (TPSA) is 432 Å². The Bertz CT molecular complexity index is 2700. The van der Waals surface area contributed by atoms with Crippen molar-refractivity contribution in [2.45, 2.75) is 81.5 Å². The SMILES string of the molecule is Cc1cn(C2CC(OP(=O)(O)OCC3OC(n4ccc(N)nc4=O)CC3O)C(COP(=O)(O)OC3CC(n4cnc5c(=O)[nH]c(N)nc54)OC3COP(=O)(O)O)O2)c(=O)[nH]c1=O. The van der Waals surface area contributed by atoms with E-state index < -0.39 is 128 Å². The molecular weight excluding hydrogens is 901 g/mol. The van der Waals surface area contributed by atoms with Gasteiger partial charge < -0.3 is 50.4 Å². The Morgan fingerprint density at radius 3 is 1.95 bits per heavy atom. The number of nitrogen functional groups attached to an aromatic ring is 2. The highest BCUT2D eigenvalue weighted by Crippen LogP contribution is 2.52. The fourth-order valence-electron chi connectivity index (χ4n) is 6.81. The lowest BCUT2D eigenvalue weighted by atomic mass is 10.2. The van der Waals surface area contributed by atoms with Crippen molar-refractivity contribution in [3.05, 3.63) is 72.0 Å². The van der Waals surface area contributed by atoms with Crippen molar-refractivity contribution in [2.75, 3.05) is 31.3 Å². The highest BCUT2D eigenvalue weighted by molar-refractivity contribution is 7.47. The number of rotatable bonds is 16. The molecule has 0 bridgehead atoms. The molecule has 0 saturated carbocycles. The number of nitrogens with zero attached hydrogens (tertiary/aromatic N) is 6. The first-order valence-corrected chi connectivity index (χ1v) is 22.6. The van der Waals surface area contributed by atoms with Crippen molar-refractivity contribution in [1.29, 1.82) is 0 Å². The Morgan fingerprint density at radius 1 is 0.774 bits per heavy atom. The number of aliphatic hydroxyl groups excluding tert-OH is 1. The summed E-state index contributed by atoms with van der Waals surface area (Å²) in [5.74, 6) is -0.336. The molecule has 3 saturated heterocycles. The van der Waals surface area contributed by atoms with Gasteiger partial charge in [-0.1, -0.05) is 0 Å². The molecule has 62 heavy (non-hydrogen) atoms. The highest BCUT2D eigenvalue weighted by Gasteiger charge is 2.47. The molecule has 30 nitrogen and oxygen atoms in total. The van der Waals surface area contributed by atoms with E-state index in [-0.39, 0.29) is 41.3 Å². The van der Waals surface area contributed by atoms with Crippen molar-refractivity contribution in [3.63, 3.8) is 0 Å². The van der Waals surface area contributed by atoms with Crippen LogP contribution in [0, 0.1) is 6.92 Å². The van der Waals surface area contributed by atoms with Gasteiger partial charge in [-0.3, -0.25) is 55.9 Å². The first-order valence-electron chi connectivity index (χ1n) is 18.1. The number of aryl methyl sites for hydroxylation is 1. The minimum absolute atomic E-state index is 0.0539. The average Bonchev–Trinajstić information content (AvgIpc) is 3.95. The number of imidazole rings is 1. The molecular formula is C29H39N10O20P3. The number of nitrogens with one attached hydrogen (secondary N) is 2. The van der Waals surface area contributed by atoms with Crippen molar-refractivity contribution in [3.8, 4) is 0 Å². The number of fused-ring (bicyclic) bond motifs is 1. The number of phosphoric ester groups is 3. The molecule has 11 N–H and O–H groups in total. The monoisotopic (exact) mass is 940 g/mol. The molecule has 0 amide bonds. The van der Waals surface area contributed by atoms with E-state index in [2.05, 4.69) is 29.4 Å². The Balaban J connectivity index is 1.05. The van der Waals surface area contributed by atoms with Gasteiger partial charge in [-0.2, -0.15) is 9.97 Å². The third kappa shape index (κ3) is 10.5. The van der Waals surface area contributed by atoms with Crippen molar-refractivity contribution in [1.82, 2.24) is 38.6 Å². The van der Waals surface area contributed by atoms with Crippen LogP contribution in [0.1, 0.15) is 43.5 Å². The zero-order chi connectivity index (χ0) is 44.9. The van der Waals surface area contributed by atoms with Gasteiger partial charge in [0.2, 0.25) is 5.95 Å². The van der Waals surface area contributed by atoms with Crippen LogP contribution in [0.25, 0.3) is 11.2 Å². The summed E-state index contributed by atoms with van der Waals surface area (Å²) in [5, 5.41) is 10.6. The first-order chi connectivity index (χ1) is 29.0. The summed E-state index contributed by atoms with van der Waals surface area (Å²) in [7, 11) is -15.5. The molecule has 3 aliphatic heterocycles. The van der Waals surface area contributed by atoms with Gasteiger partial charge in [-0.15, -0.1) is 0 Å². The second-order valence-corrected chi connectivity index (χ2v) is 18.1. The number of aliphatic hydroxyl groups is 1. The van der Waals surface area contributed by atoms with Crippen LogP contribution in [-0.2, 0) is 50.5 Å². The smallest absolute Gasteiger partial charge is 0.390 e. The van der Waals surface area contributed by atoms with E-state index in [9.17, 15) is 57.6 Å². The van der Waals surface area contributed by atoms with Crippen LogP contribution in [-0.4, -0.2) is 120 Å². The molecule has 0 aromatic carbocycles. The van der Waals surface area contributed by atoms with Crippen molar-refractivity contribution < 1.29 is 75.2 Å². The largest absolute Gasteiger partial charge is 0.472 e. The summed E-state index contributed by atoms with van der Waals surface area (Å²) in [4.78, 5) is 106. The van der Waals surface area contributed by atoms with E-state index in [1.807, 2.05) is 0 Å². The highest BCUT2D eigenvalue weighted by atomic mass is 31.2. The van der Waals surface area contributed by atoms with E-state index in [0.717, 1.165) is 21.7 Å². The fourth-order valence-corrected chi connectivity index (χ4v) is 9.07. The van der Waals surface area contributed by atoms with E-state index in [1.165, 1.54) is 23.8 Å². The number of ether oxygens (including phenoxy) is 3. The summed E-state index contributed by atoms with van der Waals surface area (Å²) in [6.45, 7) is -1.18. The maximum atomic E-state index is 13.5. The summed E-state index contributed by atoms with van der Waals surface area (Å²) >= 11 is 0. The first kappa shape index (κ1) is 45.7.